The molecule has 0 saturated heterocycles. The molecule has 82 valence electrons. The van der Waals surface area contributed by atoms with Crippen molar-refractivity contribution in [2.45, 2.75) is 39.5 Å². The SMILES string of the molecule is CCCC[O][Sn][O]CCCC.Cl.Cl. The van der Waals surface area contributed by atoms with Crippen LogP contribution in [0.1, 0.15) is 39.5 Å². The largest absolute Gasteiger partial charge is 0.147 e. The molecule has 0 spiro atoms. The Kier molecular flexibility index (Phi) is 28.9. The van der Waals surface area contributed by atoms with E-state index in [9.17, 15) is 0 Å². The van der Waals surface area contributed by atoms with Gasteiger partial charge in [-0.05, 0) is 0 Å². The van der Waals surface area contributed by atoms with E-state index in [2.05, 4.69) is 13.8 Å². The Labute approximate surface area is 105 Å². The molecule has 13 heavy (non-hydrogen) atoms. The van der Waals surface area contributed by atoms with Crippen LogP contribution in [0.3, 0.4) is 0 Å². The molecule has 0 heterocycles. The standard InChI is InChI=1S/2C4H9O.2ClH.Sn/c2*1-2-3-4-5;;;/h2*2-4H2,1H3;2*1H;/q2*-1;;;+2. The van der Waals surface area contributed by atoms with E-state index in [0.29, 0.717) is 0 Å². The van der Waals surface area contributed by atoms with Crippen LogP contribution in [-0.2, 0) is 6.15 Å². The second-order valence-corrected chi connectivity index (χ2v) is 4.61. The molecule has 0 N–H and O–H groups in total. The molecule has 0 aromatic rings. The van der Waals surface area contributed by atoms with Crippen molar-refractivity contribution < 1.29 is 6.15 Å². The molecule has 5 heteroatoms. The zero-order valence-corrected chi connectivity index (χ0v) is 12.9. The zero-order valence-electron chi connectivity index (χ0n) is 8.38. The summed E-state index contributed by atoms with van der Waals surface area (Å²) in [4.78, 5) is 0. The maximum Gasteiger partial charge on any atom is -0.147 e. The fourth-order valence-electron chi connectivity index (χ4n) is 0.558. The third-order valence-corrected chi connectivity index (χ3v) is 3.16. The van der Waals surface area contributed by atoms with E-state index in [-0.39, 0.29) is 24.8 Å². The van der Waals surface area contributed by atoms with Gasteiger partial charge in [0.15, 0.2) is 0 Å². The van der Waals surface area contributed by atoms with Crippen LogP contribution in [0, 0.1) is 0 Å². The van der Waals surface area contributed by atoms with Crippen LogP contribution in [0.4, 0.5) is 0 Å². The summed E-state index contributed by atoms with van der Waals surface area (Å²) in [6, 6.07) is 0. The van der Waals surface area contributed by atoms with E-state index in [1.54, 1.807) is 0 Å². The predicted octanol–water partition coefficient (Wildman–Crippen LogP) is 3.00. The summed E-state index contributed by atoms with van der Waals surface area (Å²) >= 11 is -0.876. The third kappa shape index (κ3) is 19.6. The van der Waals surface area contributed by atoms with Crippen LogP contribution in [-0.4, -0.2) is 35.2 Å². The number of hydrogen-bond donors (Lipinski definition) is 0. The quantitative estimate of drug-likeness (QED) is 0.501. The average molecular weight is 338 g/mol. The van der Waals surface area contributed by atoms with Gasteiger partial charge in [-0.15, -0.1) is 24.8 Å². The maximum absolute atomic E-state index is 5.37. The molecule has 0 unspecified atom stereocenters. The third-order valence-electron chi connectivity index (χ3n) is 1.32. The van der Waals surface area contributed by atoms with Crippen LogP contribution < -0.4 is 0 Å². The van der Waals surface area contributed by atoms with Crippen molar-refractivity contribution in [2.24, 2.45) is 0 Å². The summed E-state index contributed by atoms with van der Waals surface area (Å²) in [6.45, 7) is 6.17. The number of halogens is 2. The van der Waals surface area contributed by atoms with Crippen molar-refractivity contribution in [1.82, 2.24) is 0 Å². The fraction of sp³-hybridized carbons (Fsp3) is 1.00. The van der Waals surface area contributed by atoms with Crippen LogP contribution in [0.25, 0.3) is 0 Å². The van der Waals surface area contributed by atoms with Crippen LogP contribution in [0.5, 0.6) is 0 Å². The van der Waals surface area contributed by atoms with Gasteiger partial charge in [-0.2, -0.15) is 0 Å². The van der Waals surface area contributed by atoms with Gasteiger partial charge in [-0.1, -0.05) is 0 Å². The van der Waals surface area contributed by atoms with Gasteiger partial charge >= 0.3 is 80.9 Å². The molecule has 0 amide bonds. The van der Waals surface area contributed by atoms with Crippen LogP contribution in [0.15, 0.2) is 0 Å². The molecule has 0 aliphatic heterocycles. The summed E-state index contributed by atoms with van der Waals surface area (Å²) < 4.78 is 10.7. The monoisotopic (exact) mass is 338 g/mol. The topological polar surface area (TPSA) is 18.5 Å². The molecule has 2 nitrogen and oxygen atoms in total. The van der Waals surface area contributed by atoms with Gasteiger partial charge < -0.3 is 0 Å². The molecule has 0 aromatic carbocycles. The molecule has 0 atom stereocenters. The van der Waals surface area contributed by atoms with Crippen molar-refractivity contribution in [1.29, 1.82) is 0 Å². The van der Waals surface area contributed by atoms with Crippen molar-refractivity contribution in [2.75, 3.05) is 13.2 Å². The Balaban J connectivity index is -0.000000500. The number of rotatable bonds is 8. The van der Waals surface area contributed by atoms with Crippen molar-refractivity contribution in [3.8, 4) is 0 Å². The summed E-state index contributed by atoms with van der Waals surface area (Å²) in [5.74, 6) is 0. The Morgan fingerprint density at radius 2 is 1.23 bits per heavy atom. The first-order chi connectivity index (χ1) is 5.41. The summed E-state index contributed by atoms with van der Waals surface area (Å²) in [5, 5.41) is 0. The van der Waals surface area contributed by atoms with Crippen LogP contribution >= 0.6 is 24.8 Å². The number of unbranched alkanes of at least 4 members (excludes halogenated alkanes) is 2. The first-order valence-electron chi connectivity index (χ1n) is 4.40. The first-order valence-corrected chi connectivity index (χ1v) is 6.73. The normalized spacial score (nSPS) is 8.77. The van der Waals surface area contributed by atoms with E-state index in [4.69, 9.17) is 6.15 Å². The Morgan fingerprint density at radius 1 is 0.846 bits per heavy atom. The molecule has 0 aromatic heterocycles. The van der Waals surface area contributed by atoms with E-state index in [1.165, 1.54) is 25.7 Å². The van der Waals surface area contributed by atoms with E-state index in [0.717, 1.165) is 13.2 Å². The van der Waals surface area contributed by atoms with Crippen molar-refractivity contribution >= 4 is 46.8 Å². The second-order valence-electron chi connectivity index (χ2n) is 2.49. The molecule has 0 rings (SSSR count). The molecule has 2 radical (unpaired) electrons. The molecule has 0 aliphatic carbocycles. The van der Waals surface area contributed by atoms with Crippen LogP contribution in [0.2, 0.25) is 0 Å². The maximum atomic E-state index is 5.37. The Morgan fingerprint density at radius 3 is 1.54 bits per heavy atom. The smallest absolute Gasteiger partial charge is 0.147 e. The Bertz CT molecular complexity index is 69.2. The summed E-state index contributed by atoms with van der Waals surface area (Å²) in [5.41, 5.74) is 0. The van der Waals surface area contributed by atoms with Crippen molar-refractivity contribution in [3.05, 3.63) is 0 Å². The summed E-state index contributed by atoms with van der Waals surface area (Å²) in [6.07, 6.45) is 4.79. The molecular weight excluding hydrogens is 318 g/mol. The molecular formula is C8H20Cl2O2Sn. The van der Waals surface area contributed by atoms with E-state index < -0.39 is 22.0 Å². The second kappa shape index (κ2) is 19.0. The minimum Gasteiger partial charge on any atom is -0.147 e. The average Bonchev–Trinajstić information content (AvgIpc) is 2.03. The fourth-order valence-corrected chi connectivity index (χ4v) is 2.10. The van der Waals surface area contributed by atoms with Gasteiger partial charge in [0.25, 0.3) is 0 Å². The van der Waals surface area contributed by atoms with E-state index in [1.807, 2.05) is 0 Å². The summed E-state index contributed by atoms with van der Waals surface area (Å²) in [7, 11) is 0. The molecule has 0 saturated carbocycles. The van der Waals surface area contributed by atoms with Gasteiger partial charge in [-0.25, -0.2) is 0 Å². The number of hydrogen-bond acceptors (Lipinski definition) is 2. The molecule has 0 fully saturated rings. The van der Waals surface area contributed by atoms with Gasteiger partial charge in [0.05, 0.1) is 0 Å². The van der Waals surface area contributed by atoms with Gasteiger partial charge in [0.2, 0.25) is 0 Å². The molecule has 0 bridgehead atoms. The van der Waals surface area contributed by atoms with Gasteiger partial charge in [-0.3, -0.25) is 0 Å². The van der Waals surface area contributed by atoms with Gasteiger partial charge in [0, 0.05) is 0 Å². The minimum atomic E-state index is -0.876. The van der Waals surface area contributed by atoms with Crippen molar-refractivity contribution in [3.63, 3.8) is 0 Å². The Hall–Kier alpha value is 1.30. The molecule has 0 aliphatic rings. The van der Waals surface area contributed by atoms with E-state index >= 15 is 0 Å². The zero-order chi connectivity index (χ0) is 8.36. The van der Waals surface area contributed by atoms with Gasteiger partial charge in [0.1, 0.15) is 0 Å². The first kappa shape index (κ1) is 19.8. The minimum absolute atomic E-state index is 0. The predicted molar refractivity (Wildman–Crippen MR) is 62.0 cm³/mol.